The second-order valence-electron chi connectivity index (χ2n) is 8.26. The molecule has 0 radical (unpaired) electrons. The molecule has 140 valence electrons. The first-order chi connectivity index (χ1) is 11.6. The summed E-state index contributed by atoms with van der Waals surface area (Å²) in [6.45, 7) is 9.78. The number of amides is 2. The van der Waals surface area contributed by atoms with E-state index in [1.54, 1.807) is 9.80 Å². The zero-order valence-electron chi connectivity index (χ0n) is 15.8. The van der Waals surface area contributed by atoms with E-state index in [0.29, 0.717) is 19.6 Å². The van der Waals surface area contributed by atoms with Crippen LogP contribution in [0, 0.1) is 11.3 Å². The maximum Gasteiger partial charge on any atom is 0.410 e. The van der Waals surface area contributed by atoms with Crippen LogP contribution in [0.1, 0.15) is 53.4 Å². The van der Waals surface area contributed by atoms with E-state index in [0.717, 1.165) is 25.7 Å². The highest BCUT2D eigenvalue weighted by Crippen LogP contribution is 2.23. The first-order valence-corrected chi connectivity index (χ1v) is 9.06. The van der Waals surface area contributed by atoms with Crippen molar-refractivity contribution < 1.29 is 14.3 Å². The van der Waals surface area contributed by atoms with Gasteiger partial charge in [-0.2, -0.15) is 5.26 Å². The summed E-state index contributed by atoms with van der Waals surface area (Å²) in [4.78, 5) is 27.9. The van der Waals surface area contributed by atoms with Gasteiger partial charge in [-0.15, -0.1) is 0 Å². The molecule has 2 heterocycles. The lowest BCUT2D eigenvalue weighted by Gasteiger charge is -2.40. The molecule has 2 amide bonds. The van der Waals surface area contributed by atoms with Gasteiger partial charge in [0, 0.05) is 25.2 Å². The van der Waals surface area contributed by atoms with Crippen molar-refractivity contribution in [1.82, 2.24) is 15.1 Å². The first kappa shape index (κ1) is 19.5. The van der Waals surface area contributed by atoms with Crippen LogP contribution in [0.2, 0.25) is 0 Å². The molecule has 2 aliphatic rings. The second kappa shape index (κ2) is 7.61. The third-order valence-electron chi connectivity index (χ3n) is 4.91. The van der Waals surface area contributed by atoms with Crippen molar-refractivity contribution in [2.45, 2.75) is 70.6 Å². The van der Waals surface area contributed by atoms with Crippen LogP contribution in [0.4, 0.5) is 4.79 Å². The Morgan fingerprint density at radius 1 is 1.28 bits per heavy atom. The highest BCUT2D eigenvalue weighted by atomic mass is 16.6. The Morgan fingerprint density at radius 3 is 2.48 bits per heavy atom. The molecule has 2 fully saturated rings. The van der Waals surface area contributed by atoms with Gasteiger partial charge in [0.2, 0.25) is 5.91 Å². The molecular formula is C18H30N4O3. The predicted molar refractivity (Wildman–Crippen MR) is 93.8 cm³/mol. The highest BCUT2D eigenvalue weighted by Gasteiger charge is 2.35. The zero-order chi connectivity index (χ0) is 18.7. The van der Waals surface area contributed by atoms with Crippen LogP contribution in [-0.4, -0.2) is 65.2 Å². The number of rotatable bonds is 3. The molecule has 0 unspecified atom stereocenters. The van der Waals surface area contributed by atoms with Crippen LogP contribution in [0.25, 0.3) is 0 Å². The Balaban J connectivity index is 1.79. The molecule has 0 aromatic carbocycles. The van der Waals surface area contributed by atoms with E-state index >= 15 is 0 Å². The van der Waals surface area contributed by atoms with Gasteiger partial charge in [0.1, 0.15) is 11.6 Å². The molecule has 1 atom stereocenters. The number of carbonyl (C=O) groups excluding carboxylic acids is 2. The van der Waals surface area contributed by atoms with E-state index in [1.807, 2.05) is 20.8 Å². The molecule has 0 bridgehead atoms. The van der Waals surface area contributed by atoms with E-state index in [-0.39, 0.29) is 30.1 Å². The van der Waals surface area contributed by atoms with E-state index in [2.05, 4.69) is 18.3 Å². The lowest BCUT2D eigenvalue weighted by Crippen LogP contribution is -2.55. The van der Waals surface area contributed by atoms with Crippen molar-refractivity contribution in [2.24, 2.45) is 0 Å². The lowest BCUT2D eigenvalue weighted by molar-refractivity contribution is -0.130. The molecule has 0 aliphatic carbocycles. The van der Waals surface area contributed by atoms with Gasteiger partial charge in [0.25, 0.3) is 0 Å². The van der Waals surface area contributed by atoms with Gasteiger partial charge in [-0.1, -0.05) is 0 Å². The summed E-state index contributed by atoms with van der Waals surface area (Å²) in [6, 6.07) is 1.92. The molecule has 2 saturated heterocycles. The van der Waals surface area contributed by atoms with E-state index in [1.165, 1.54) is 0 Å². The Bertz CT molecular complexity index is 542. The van der Waals surface area contributed by atoms with Gasteiger partial charge in [-0.3, -0.25) is 4.79 Å². The van der Waals surface area contributed by atoms with Crippen molar-refractivity contribution >= 4 is 12.0 Å². The van der Waals surface area contributed by atoms with E-state index in [4.69, 9.17) is 10.00 Å². The number of piperidine rings is 1. The van der Waals surface area contributed by atoms with Crippen LogP contribution in [0.5, 0.6) is 0 Å². The first-order valence-electron chi connectivity index (χ1n) is 9.06. The largest absolute Gasteiger partial charge is 0.444 e. The summed E-state index contributed by atoms with van der Waals surface area (Å²) in [5, 5.41) is 12.4. The van der Waals surface area contributed by atoms with Gasteiger partial charge in [0.05, 0.1) is 12.6 Å². The average molecular weight is 350 g/mol. The fourth-order valence-corrected chi connectivity index (χ4v) is 3.28. The minimum absolute atomic E-state index is 0.0140. The summed E-state index contributed by atoms with van der Waals surface area (Å²) in [5.41, 5.74) is -0.675. The third kappa shape index (κ3) is 5.33. The van der Waals surface area contributed by atoms with Crippen molar-refractivity contribution in [3.8, 4) is 6.07 Å². The third-order valence-corrected chi connectivity index (χ3v) is 4.91. The minimum atomic E-state index is -0.491. The van der Waals surface area contributed by atoms with Crippen LogP contribution in [0.15, 0.2) is 0 Å². The quantitative estimate of drug-likeness (QED) is 0.840. The number of ether oxygens (including phenoxy) is 1. The van der Waals surface area contributed by atoms with Gasteiger partial charge in [-0.25, -0.2) is 4.79 Å². The van der Waals surface area contributed by atoms with Crippen molar-refractivity contribution in [3.05, 3.63) is 0 Å². The van der Waals surface area contributed by atoms with Crippen LogP contribution in [-0.2, 0) is 9.53 Å². The number of hydrogen-bond donors (Lipinski definition) is 1. The van der Waals surface area contributed by atoms with Crippen LogP contribution >= 0.6 is 0 Å². The summed E-state index contributed by atoms with van der Waals surface area (Å²) in [7, 11) is 0. The number of nitriles is 1. The molecular weight excluding hydrogens is 320 g/mol. The zero-order valence-corrected chi connectivity index (χ0v) is 15.8. The van der Waals surface area contributed by atoms with Crippen molar-refractivity contribution in [1.29, 1.82) is 5.26 Å². The normalized spacial score (nSPS) is 23.2. The van der Waals surface area contributed by atoms with Crippen LogP contribution < -0.4 is 5.32 Å². The molecule has 25 heavy (non-hydrogen) atoms. The Labute approximate surface area is 150 Å². The fraction of sp³-hybridized carbons (Fsp3) is 0.833. The number of nitrogens with one attached hydrogen (secondary N) is 1. The summed E-state index contributed by atoms with van der Waals surface area (Å²) >= 11 is 0. The molecule has 0 aromatic rings. The standard InChI is InChI=1S/C18H30N4O3/c1-17(2,3)25-16(24)21-10-7-18(4,8-11-21)20-13-15(23)22-9-5-6-14(22)12-19/h14,20H,5-11,13H2,1-4H3/t14-/m0/s1. The van der Waals surface area contributed by atoms with Gasteiger partial charge in [0.15, 0.2) is 0 Å². The van der Waals surface area contributed by atoms with Crippen molar-refractivity contribution in [2.75, 3.05) is 26.2 Å². The summed E-state index contributed by atoms with van der Waals surface area (Å²) < 4.78 is 5.41. The highest BCUT2D eigenvalue weighted by molar-refractivity contribution is 5.79. The number of nitrogens with zero attached hydrogens (tertiary/aromatic N) is 3. The monoisotopic (exact) mass is 350 g/mol. The Hall–Kier alpha value is -1.81. The molecule has 2 rings (SSSR count). The average Bonchev–Trinajstić information content (AvgIpc) is 3.00. The van der Waals surface area contributed by atoms with Gasteiger partial charge >= 0.3 is 6.09 Å². The molecule has 0 saturated carbocycles. The fourth-order valence-electron chi connectivity index (χ4n) is 3.28. The van der Waals surface area contributed by atoms with Crippen molar-refractivity contribution in [3.63, 3.8) is 0 Å². The topological polar surface area (TPSA) is 85.7 Å². The molecule has 2 aliphatic heterocycles. The molecule has 1 N–H and O–H groups in total. The Kier molecular flexibility index (Phi) is 5.94. The maximum atomic E-state index is 12.4. The molecule has 0 aromatic heterocycles. The molecule has 7 nitrogen and oxygen atoms in total. The summed E-state index contributed by atoms with van der Waals surface area (Å²) in [5.74, 6) is -0.0140. The number of hydrogen-bond acceptors (Lipinski definition) is 5. The minimum Gasteiger partial charge on any atom is -0.444 e. The maximum absolute atomic E-state index is 12.4. The second-order valence-corrected chi connectivity index (χ2v) is 8.26. The molecule has 0 spiro atoms. The number of likely N-dealkylation sites (tertiary alicyclic amines) is 2. The lowest BCUT2D eigenvalue weighted by atomic mass is 9.89. The van der Waals surface area contributed by atoms with Crippen LogP contribution in [0.3, 0.4) is 0 Å². The predicted octanol–water partition coefficient (Wildman–Crippen LogP) is 1.88. The molecule has 7 heteroatoms. The van der Waals surface area contributed by atoms with Gasteiger partial charge < -0.3 is 19.9 Å². The van der Waals surface area contributed by atoms with E-state index < -0.39 is 5.60 Å². The van der Waals surface area contributed by atoms with Gasteiger partial charge in [-0.05, 0) is 53.4 Å². The summed E-state index contributed by atoms with van der Waals surface area (Å²) in [6.07, 6.45) is 2.92. The number of carbonyl (C=O) groups is 2. The van der Waals surface area contributed by atoms with E-state index in [9.17, 15) is 9.59 Å². The SMILES string of the molecule is CC1(NCC(=O)N2CCC[C@H]2C#N)CCN(C(=O)OC(C)(C)C)CC1. The Morgan fingerprint density at radius 2 is 1.92 bits per heavy atom. The smallest absolute Gasteiger partial charge is 0.410 e.